The number of aryl methyl sites for hydroxylation is 1. The molecule has 0 radical (unpaired) electrons. The zero-order chi connectivity index (χ0) is 20.1. The van der Waals surface area contributed by atoms with Crippen molar-refractivity contribution in [1.82, 2.24) is 4.98 Å². The first kappa shape index (κ1) is 19.1. The number of nitrogens with zero attached hydrogens (tertiary/aromatic N) is 1. The second-order valence-electron chi connectivity index (χ2n) is 6.29. The van der Waals surface area contributed by atoms with E-state index in [1.165, 1.54) is 12.7 Å². The van der Waals surface area contributed by atoms with Crippen LogP contribution >= 0.6 is 0 Å². The summed E-state index contributed by atoms with van der Waals surface area (Å²) in [7, 11) is 1.30. The number of nitrogens with one attached hydrogen (secondary N) is 2. The molecule has 3 aromatic rings. The minimum atomic E-state index is -0.519. The Balaban J connectivity index is 1.82. The van der Waals surface area contributed by atoms with Gasteiger partial charge in [0.15, 0.2) is 0 Å². The number of anilines is 3. The summed E-state index contributed by atoms with van der Waals surface area (Å²) < 4.78 is 4.75. The predicted octanol–water partition coefficient (Wildman–Crippen LogP) is 4.48. The molecule has 0 aliphatic heterocycles. The van der Waals surface area contributed by atoms with E-state index in [4.69, 9.17) is 4.74 Å². The van der Waals surface area contributed by atoms with E-state index in [0.717, 1.165) is 16.9 Å². The van der Waals surface area contributed by atoms with Crippen LogP contribution < -0.4 is 10.6 Å². The van der Waals surface area contributed by atoms with Gasteiger partial charge in [-0.2, -0.15) is 0 Å². The van der Waals surface area contributed by atoms with Crippen LogP contribution in [-0.2, 0) is 4.74 Å². The lowest BCUT2D eigenvalue weighted by molar-refractivity contribution is 0.0602. The molecule has 2 aromatic carbocycles. The molecule has 0 aliphatic rings. The molecule has 0 fully saturated rings. The van der Waals surface area contributed by atoms with Gasteiger partial charge in [-0.05, 0) is 55.3 Å². The Labute approximate surface area is 163 Å². The first-order chi connectivity index (χ1) is 13.5. The molecule has 0 saturated heterocycles. The highest BCUT2D eigenvalue weighted by Gasteiger charge is 2.15. The lowest BCUT2D eigenvalue weighted by atomic mass is 10.1. The standard InChI is InChI=1S/C22H21N3O3/c1-14-7-6-10-18(15(14)2)24-16-11-12-23-20(13-16)21(26)25-19-9-5-4-8-17(19)22(27)28-3/h4-13H,1-3H3,(H,23,24)(H,25,26). The van der Waals surface area contributed by atoms with Gasteiger partial charge in [-0.25, -0.2) is 4.79 Å². The summed E-state index contributed by atoms with van der Waals surface area (Å²) in [6, 6.07) is 16.1. The maximum absolute atomic E-state index is 12.6. The number of hydrogen-bond donors (Lipinski definition) is 2. The zero-order valence-electron chi connectivity index (χ0n) is 15.9. The monoisotopic (exact) mass is 375 g/mol. The molecule has 2 N–H and O–H groups in total. The quantitative estimate of drug-likeness (QED) is 0.643. The van der Waals surface area contributed by atoms with Gasteiger partial charge in [0.2, 0.25) is 0 Å². The molecule has 3 rings (SSSR count). The van der Waals surface area contributed by atoms with Crippen LogP contribution in [0.3, 0.4) is 0 Å². The molecule has 0 unspecified atom stereocenters. The predicted molar refractivity (Wildman–Crippen MR) is 109 cm³/mol. The molecule has 0 bridgehead atoms. The molecule has 28 heavy (non-hydrogen) atoms. The number of hydrogen-bond acceptors (Lipinski definition) is 5. The highest BCUT2D eigenvalue weighted by molar-refractivity contribution is 6.07. The van der Waals surface area contributed by atoms with Crippen molar-refractivity contribution in [3.8, 4) is 0 Å². The smallest absolute Gasteiger partial charge is 0.339 e. The number of carbonyl (C=O) groups is 2. The molecule has 1 heterocycles. The van der Waals surface area contributed by atoms with Crippen LogP contribution in [0.15, 0.2) is 60.8 Å². The summed E-state index contributed by atoms with van der Waals surface area (Å²) in [6.07, 6.45) is 1.56. The Hall–Kier alpha value is -3.67. The van der Waals surface area contributed by atoms with Crippen molar-refractivity contribution in [1.29, 1.82) is 0 Å². The van der Waals surface area contributed by atoms with Gasteiger partial charge < -0.3 is 15.4 Å². The molecular formula is C22H21N3O3. The molecule has 0 atom stereocenters. The molecule has 142 valence electrons. The summed E-state index contributed by atoms with van der Waals surface area (Å²) >= 11 is 0. The van der Waals surface area contributed by atoms with Crippen LogP contribution in [0, 0.1) is 13.8 Å². The van der Waals surface area contributed by atoms with E-state index in [1.807, 2.05) is 32.0 Å². The molecule has 0 spiro atoms. The van der Waals surface area contributed by atoms with E-state index in [0.29, 0.717) is 5.69 Å². The summed E-state index contributed by atoms with van der Waals surface area (Å²) in [6.45, 7) is 4.08. The summed E-state index contributed by atoms with van der Waals surface area (Å²) in [5.74, 6) is -0.935. The first-order valence-electron chi connectivity index (χ1n) is 8.77. The average Bonchev–Trinajstić information content (AvgIpc) is 2.71. The van der Waals surface area contributed by atoms with E-state index >= 15 is 0 Å². The summed E-state index contributed by atoms with van der Waals surface area (Å²) in [5, 5.41) is 6.04. The van der Waals surface area contributed by atoms with E-state index < -0.39 is 11.9 Å². The molecular weight excluding hydrogens is 354 g/mol. The van der Waals surface area contributed by atoms with Crippen molar-refractivity contribution in [2.75, 3.05) is 17.7 Å². The lowest BCUT2D eigenvalue weighted by Crippen LogP contribution is -2.16. The third-order valence-electron chi connectivity index (χ3n) is 4.46. The number of rotatable bonds is 5. The number of aromatic nitrogens is 1. The molecule has 0 aliphatic carbocycles. The van der Waals surface area contributed by atoms with Crippen LogP contribution in [0.4, 0.5) is 17.1 Å². The number of pyridine rings is 1. The third kappa shape index (κ3) is 4.17. The van der Waals surface area contributed by atoms with Crippen molar-refractivity contribution in [3.05, 3.63) is 83.2 Å². The SMILES string of the molecule is COC(=O)c1ccccc1NC(=O)c1cc(Nc2cccc(C)c2C)ccn1. The number of para-hydroxylation sites is 1. The lowest BCUT2D eigenvalue weighted by Gasteiger charge is -2.13. The Morgan fingerprint density at radius 1 is 0.964 bits per heavy atom. The van der Waals surface area contributed by atoms with Crippen molar-refractivity contribution >= 4 is 28.9 Å². The zero-order valence-corrected chi connectivity index (χ0v) is 15.9. The van der Waals surface area contributed by atoms with Gasteiger partial charge in [0.25, 0.3) is 5.91 Å². The van der Waals surface area contributed by atoms with Crippen molar-refractivity contribution in [2.24, 2.45) is 0 Å². The number of esters is 1. The highest BCUT2D eigenvalue weighted by Crippen LogP contribution is 2.23. The summed E-state index contributed by atoms with van der Waals surface area (Å²) in [5.41, 5.74) is 4.91. The topological polar surface area (TPSA) is 80.3 Å². The van der Waals surface area contributed by atoms with Crippen LogP contribution in [0.5, 0.6) is 0 Å². The van der Waals surface area contributed by atoms with E-state index in [1.54, 1.807) is 42.6 Å². The highest BCUT2D eigenvalue weighted by atomic mass is 16.5. The van der Waals surface area contributed by atoms with Crippen molar-refractivity contribution in [3.63, 3.8) is 0 Å². The number of benzene rings is 2. The number of amides is 1. The van der Waals surface area contributed by atoms with Gasteiger partial charge in [-0.3, -0.25) is 9.78 Å². The first-order valence-corrected chi connectivity index (χ1v) is 8.77. The molecule has 1 amide bonds. The second-order valence-corrected chi connectivity index (χ2v) is 6.29. The summed E-state index contributed by atoms with van der Waals surface area (Å²) in [4.78, 5) is 28.7. The van der Waals surface area contributed by atoms with E-state index in [9.17, 15) is 9.59 Å². The van der Waals surface area contributed by atoms with E-state index in [-0.39, 0.29) is 11.3 Å². The molecule has 1 aromatic heterocycles. The van der Waals surface area contributed by atoms with E-state index in [2.05, 4.69) is 15.6 Å². The van der Waals surface area contributed by atoms with Crippen LogP contribution in [0.1, 0.15) is 32.0 Å². The van der Waals surface area contributed by atoms with Crippen LogP contribution in [0.2, 0.25) is 0 Å². The molecule has 0 saturated carbocycles. The van der Waals surface area contributed by atoms with Crippen LogP contribution in [-0.4, -0.2) is 24.0 Å². The number of ether oxygens (including phenoxy) is 1. The molecule has 6 heteroatoms. The Morgan fingerprint density at radius 3 is 2.50 bits per heavy atom. The largest absolute Gasteiger partial charge is 0.465 e. The van der Waals surface area contributed by atoms with Gasteiger partial charge in [-0.15, -0.1) is 0 Å². The van der Waals surface area contributed by atoms with Crippen LogP contribution in [0.25, 0.3) is 0 Å². The van der Waals surface area contributed by atoms with Gasteiger partial charge in [0.1, 0.15) is 5.69 Å². The van der Waals surface area contributed by atoms with Gasteiger partial charge in [-0.1, -0.05) is 24.3 Å². The van der Waals surface area contributed by atoms with Crippen molar-refractivity contribution in [2.45, 2.75) is 13.8 Å². The fourth-order valence-corrected chi connectivity index (χ4v) is 2.74. The van der Waals surface area contributed by atoms with Gasteiger partial charge >= 0.3 is 5.97 Å². The number of carbonyl (C=O) groups excluding carboxylic acids is 2. The van der Waals surface area contributed by atoms with Crippen molar-refractivity contribution < 1.29 is 14.3 Å². The normalized spacial score (nSPS) is 10.2. The maximum atomic E-state index is 12.6. The maximum Gasteiger partial charge on any atom is 0.339 e. The second kappa shape index (κ2) is 8.35. The third-order valence-corrected chi connectivity index (χ3v) is 4.46. The van der Waals surface area contributed by atoms with Gasteiger partial charge in [0, 0.05) is 17.6 Å². The Kier molecular flexibility index (Phi) is 5.69. The Bertz CT molecular complexity index is 1030. The Morgan fingerprint density at radius 2 is 1.71 bits per heavy atom. The molecule has 6 nitrogen and oxygen atoms in total. The fourth-order valence-electron chi connectivity index (χ4n) is 2.74. The fraction of sp³-hybridized carbons (Fsp3) is 0.136. The minimum absolute atomic E-state index is 0.231. The number of methoxy groups -OCH3 is 1. The van der Waals surface area contributed by atoms with Gasteiger partial charge in [0.05, 0.1) is 18.4 Å². The minimum Gasteiger partial charge on any atom is -0.465 e. The average molecular weight is 375 g/mol.